The Hall–Kier alpha value is -3.27. The number of benzene rings is 2. The first-order chi connectivity index (χ1) is 11.9. The summed E-state index contributed by atoms with van der Waals surface area (Å²) < 4.78 is 5.15. The van der Waals surface area contributed by atoms with Crippen LogP contribution in [-0.2, 0) is 0 Å². The molecule has 4 heteroatoms. The molecule has 1 aliphatic carbocycles. The predicted molar refractivity (Wildman–Crippen MR) is 95.9 cm³/mol. The summed E-state index contributed by atoms with van der Waals surface area (Å²) in [4.78, 5) is 4.23. The van der Waals surface area contributed by atoms with Crippen molar-refractivity contribution in [1.29, 1.82) is 0 Å². The number of rotatable bonds is 3. The Morgan fingerprint density at radius 2 is 1.62 bits per heavy atom. The van der Waals surface area contributed by atoms with Crippen molar-refractivity contribution in [3.05, 3.63) is 83.7 Å². The first-order valence-corrected chi connectivity index (χ1v) is 7.66. The molecule has 0 bridgehead atoms. The maximum atomic E-state index is 5.15. The number of ether oxygens (including phenoxy) is 1. The lowest BCUT2D eigenvalue weighted by Gasteiger charge is -1.99. The van der Waals surface area contributed by atoms with Gasteiger partial charge in [0.05, 0.1) is 13.3 Å². The van der Waals surface area contributed by atoms with E-state index in [1.807, 2.05) is 48.7 Å². The minimum atomic E-state index is 0.822. The summed E-state index contributed by atoms with van der Waals surface area (Å²) in [6.45, 7) is 0. The highest BCUT2D eigenvalue weighted by atomic mass is 16.5. The van der Waals surface area contributed by atoms with E-state index in [1.165, 1.54) is 5.56 Å². The quantitative estimate of drug-likeness (QED) is 0.425. The van der Waals surface area contributed by atoms with Gasteiger partial charge in [-0.05, 0) is 47.0 Å². The molecule has 0 atom stereocenters. The van der Waals surface area contributed by atoms with Crippen molar-refractivity contribution in [2.75, 3.05) is 7.11 Å². The average molecular weight is 313 g/mol. The van der Waals surface area contributed by atoms with Gasteiger partial charge >= 0.3 is 0 Å². The SMILES string of the molecule is COc1ccc(/C=N/N=C2/c3ccccc3-c3ccncc32)cc1. The van der Waals surface area contributed by atoms with Gasteiger partial charge in [0, 0.05) is 23.5 Å². The molecular formula is C20H15N3O. The van der Waals surface area contributed by atoms with Crippen LogP contribution in [0.2, 0.25) is 0 Å². The van der Waals surface area contributed by atoms with Gasteiger partial charge in [-0.15, -0.1) is 5.10 Å². The summed E-state index contributed by atoms with van der Waals surface area (Å²) in [5.41, 5.74) is 6.27. The summed E-state index contributed by atoms with van der Waals surface area (Å²) in [5, 5.41) is 8.73. The normalized spacial score (nSPS) is 14.0. The van der Waals surface area contributed by atoms with Gasteiger partial charge in [0.2, 0.25) is 0 Å². The van der Waals surface area contributed by atoms with E-state index in [0.717, 1.165) is 33.7 Å². The van der Waals surface area contributed by atoms with E-state index in [4.69, 9.17) is 4.74 Å². The fourth-order valence-corrected chi connectivity index (χ4v) is 2.84. The summed E-state index contributed by atoms with van der Waals surface area (Å²) in [6, 6.07) is 17.9. The third-order valence-corrected chi connectivity index (χ3v) is 4.03. The first-order valence-electron chi connectivity index (χ1n) is 7.66. The fraction of sp³-hybridized carbons (Fsp3) is 0.0500. The van der Waals surface area contributed by atoms with Gasteiger partial charge in [-0.1, -0.05) is 24.3 Å². The predicted octanol–water partition coefficient (Wildman–Crippen LogP) is 3.94. The zero-order chi connectivity index (χ0) is 16.4. The highest BCUT2D eigenvalue weighted by molar-refractivity contribution is 6.24. The van der Waals surface area contributed by atoms with Crippen molar-refractivity contribution in [1.82, 2.24) is 4.98 Å². The minimum Gasteiger partial charge on any atom is -0.497 e. The fourth-order valence-electron chi connectivity index (χ4n) is 2.84. The van der Waals surface area contributed by atoms with Crippen LogP contribution < -0.4 is 4.74 Å². The van der Waals surface area contributed by atoms with Crippen LogP contribution in [0.25, 0.3) is 11.1 Å². The molecule has 0 fully saturated rings. The number of aromatic nitrogens is 1. The Kier molecular flexibility index (Phi) is 3.63. The number of methoxy groups -OCH3 is 1. The van der Waals surface area contributed by atoms with E-state index in [2.05, 4.69) is 27.3 Å². The monoisotopic (exact) mass is 313 g/mol. The smallest absolute Gasteiger partial charge is 0.118 e. The topological polar surface area (TPSA) is 46.8 Å². The van der Waals surface area contributed by atoms with Crippen molar-refractivity contribution >= 4 is 11.9 Å². The lowest BCUT2D eigenvalue weighted by molar-refractivity contribution is 0.415. The Morgan fingerprint density at radius 1 is 0.875 bits per heavy atom. The molecule has 4 rings (SSSR count). The molecule has 0 unspecified atom stereocenters. The zero-order valence-electron chi connectivity index (χ0n) is 13.2. The van der Waals surface area contributed by atoms with Crippen molar-refractivity contribution in [3.8, 4) is 16.9 Å². The zero-order valence-corrected chi connectivity index (χ0v) is 13.2. The van der Waals surface area contributed by atoms with Crippen LogP contribution in [0, 0.1) is 0 Å². The van der Waals surface area contributed by atoms with Gasteiger partial charge in [0.25, 0.3) is 0 Å². The summed E-state index contributed by atoms with van der Waals surface area (Å²) >= 11 is 0. The van der Waals surface area contributed by atoms with Crippen LogP contribution in [0.15, 0.2) is 77.2 Å². The maximum Gasteiger partial charge on any atom is 0.118 e. The van der Waals surface area contributed by atoms with Crippen LogP contribution in [0.5, 0.6) is 5.75 Å². The minimum absolute atomic E-state index is 0.822. The Morgan fingerprint density at radius 3 is 2.42 bits per heavy atom. The molecule has 0 amide bonds. The highest BCUT2D eigenvalue weighted by Crippen LogP contribution is 2.36. The van der Waals surface area contributed by atoms with E-state index >= 15 is 0 Å². The third-order valence-electron chi connectivity index (χ3n) is 4.03. The van der Waals surface area contributed by atoms with E-state index in [1.54, 1.807) is 19.5 Å². The Balaban J connectivity index is 1.70. The molecule has 0 saturated carbocycles. The number of pyridine rings is 1. The lowest BCUT2D eigenvalue weighted by Crippen LogP contribution is -1.97. The molecule has 0 spiro atoms. The van der Waals surface area contributed by atoms with Gasteiger partial charge in [-0.25, -0.2) is 0 Å². The second-order valence-electron chi connectivity index (χ2n) is 5.43. The van der Waals surface area contributed by atoms with Gasteiger partial charge in [-0.3, -0.25) is 4.98 Å². The molecule has 116 valence electrons. The van der Waals surface area contributed by atoms with Gasteiger partial charge in [-0.2, -0.15) is 5.10 Å². The van der Waals surface area contributed by atoms with Crippen molar-refractivity contribution < 1.29 is 4.74 Å². The number of fused-ring (bicyclic) bond motifs is 3. The van der Waals surface area contributed by atoms with Gasteiger partial charge < -0.3 is 4.74 Å². The molecule has 1 aliphatic rings. The molecule has 0 N–H and O–H groups in total. The molecule has 0 saturated heterocycles. The van der Waals surface area contributed by atoms with E-state index in [9.17, 15) is 0 Å². The van der Waals surface area contributed by atoms with Crippen molar-refractivity contribution in [2.24, 2.45) is 10.2 Å². The number of nitrogens with zero attached hydrogens (tertiary/aromatic N) is 3. The van der Waals surface area contributed by atoms with E-state index in [-0.39, 0.29) is 0 Å². The van der Waals surface area contributed by atoms with Crippen LogP contribution in [0.4, 0.5) is 0 Å². The second kappa shape index (κ2) is 6.08. The van der Waals surface area contributed by atoms with Gasteiger partial charge in [0.1, 0.15) is 11.5 Å². The molecule has 24 heavy (non-hydrogen) atoms. The third kappa shape index (κ3) is 2.48. The van der Waals surface area contributed by atoms with Crippen LogP contribution in [0.3, 0.4) is 0 Å². The Labute approximate surface area is 140 Å². The summed E-state index contributed by atoms with van der Waals surface area (Å²) in [5.74, 6) is 0.822. The Bertz CT molecular complexity index is 896. The van der Waals surface area contributed by atoms with E-state index in [0.29, 0.717) is 0 Å². The van der Waals surface area contributed by atoms with Crippen LogP contribution in [0.1, 0.15) is 16.7 Å². The number of hydrogen-bond acceptors (Lipinski definition) is 4. The van der Waals surface area contributed by atoms with Crippen LogP contribution >= 0.6 is 0 Å². The molecule has 1 heterocycles. The summed E-state index contributed by atoms with van der Waals surface area (Å²) in [7, 11) is 1.65. The molecule has 1 aromatic heterocycles. The molecule has 3 aromatic rings. The van der Waals surface area contributed by atoms with Crippen LogP contribution in [-0.4, -0.2) is 24.0 Å². The van der Waals surface area contributed by atoms with E-state index < -0.39 is 0 Å². The van der Waals surface area contributed by atoms with Crippen molar-refractivity contribution in [3.63, 3.8) is 0 Å². The van der Waals surface area contributed by atoms with Gasteiger partial charge in [0.15, 0.2) is 0 Å². The molecule has 0 aliphatic heterocycles. The first kappa shape index (κ1) is 14.3. The molecule has 4 nitrogen and oxygen atoms in total. The average Bonchev–Trinajstić information content (AvgIpc) is 2.97. The lowest BCUT2D eigenvalue weighted by atomic mass is 10.1. The standard InChI is InChI=1S/C20H15N3O/c1-24-15-8-6-14(7-9-15)12-22-23-20-18-5-3-2-4-16(18)17-10-11-21-13-19(17)20/h2-13H,1H3/b22-12+,23-20-. The summed E-state index contributed by atoms with van der Waals surface area (Å²) in [6.07, 6.45) is 5.39. The highest BCUT2D eigenvalue weighted by Gasteiger charge is 2.24. The molecule has 0 radical (unpaired) electrons. The maximum absolute atomic E-state index is 5.15. The number of hydrogen-bond donors (Lipinski definition) is 0. The molecule has 2 aromatic carbocycles. The largest absolute Gasteiger partial charge is 0.497 e. The second-order valence-corrected chi connectivity index (χ2v) is 5.43. The molecular weight excluding hydrogens is 298 g/mol. The van der Waals surface area contributed by atoms with Crippen molar-refractivity contribution in [2.45, 2.75) is 0 Å².